The zero-order chi connectivity index (χ0) is 19.6. The van der Waals surface area contributed by atoms with E-state index >= 15 is 0 Å². The lowest BCUT2D eigenvalue weighted by atomic mass is 9.70. The van der Waals surface area contributed by atoms with Gasteiger partial charge in [-0.05, 0) is 48.3 Å². The molecule has 0 atom stereocenters. The third-order valence-corrected chi connectivity index (χ3v) is 9.15. The van der Waals surface area contributed by atoms with Crippen LogP contribution in [0.4, 0.5) is 0 Å². The molecule has 3 fully saturated rings. The Balaban J connectivity index is 1.25. The first kappa shape index (κ1) is 22.7. The molecule has 3 saturated carbocycles. The Hall–Kier alpha value is 0. The van der Waals surface area contributed by atoms with Crippen molar-refractivity contribution in [3.8, 4) is 0 Å². The quantitative estimate of drug-likeness (QED) is 0.327. The van der Waals surface area contributed by atoms with Crippen LogP contribution < -0.4 is 0 Å². The predicted molar refractivity (Wildman–Crippen MR) is 125 cm³/mol. The smallest absolute Gasteiger partial charge is 0.0411 e. The number of hydrogen-bond acceptors (Lipinski definition) is 0. The van der Waals surface area contributed by atoms with Gasteiger partial charge in [0, 0.05) is 0 Å². The molecule has 3 rings (SSSR count). The summed E-state index contributed by atoms with van der Waals surface area (Å²) in [4.78, 5) is 0. The molecule has 0 N–H and O–H groups in total. The van der Waals surface area contributed by atoms with E-state index in [9.17, 15) is 0 Å². The van der Waals surface area contributed by atoms with Gasteiger partial charge in [-0.15, -0.1) is 0 Å². The van der Waals surface area contributed by atoms with E-state index in [0.717, 1.165) is 35.5 Å². The van der Waals surface area contributed by atoms with Crippen molar-refractivity contribution in [2.75, 3.05) is 0 Å². The number of unbranched alkanes of at least 4 members (excludes halogenated alkanes) is 2. The highest BCUT2D eigenvalue weighted by Gasteiger charge is 2.29. The number of hydrogen-bond donors (Lipinski definition) is 0. The van der Waals surface area contributed by atoms with Gasteiger partial charge in [-0.1, -0.05) is 129 Å². The standard InChI is InChI=1S/C28H52/c1-3-5-6-8-24-11-15-26(16-12-24)22-28-19-17-27(18-20-28)21-25-13-9-23(7-4-2)10-14-25/h23-28H,3-22H2,1-2H3/t23-,24-,25-,26-,27-,28-. The van der Waals surface area contributed by atoms with Crippen molar-refractivity contribution < 1.29 is 0 Å². The predicted octanol–water partition coefficient (Wildman–Crippen LogP) is 9.57. The first-order chi connectivity index (χ1) is 13.8. The summed E-state index contributed by atoms with van der Waals surface area (Å²) in [7, 11) is 0. The molecule has 0 saturated heterocycles. The summed E-state index contributed by atoms with van der Waals surface area (Å²) >= 11 is 0. The summed E-state index contributed by atoms with van der Waals surface area (Å²) in [5, 5.41) is 0. The van der Waals surface area contributed by atoms with Gasteiger partial charge in [0.05, 0.1) is 0 Å². The second-order valence-electron chi connectivity index (χ2n) is 11.4. The summed E-state index contributed by atoms with van der Waals surface area (Å²) in [6, 6.07) is 0. The minimum atomic E-state index is 1.08. The van der Waals surface area contributed by atoms with Gasteiger partial charge in [0.1, 0.15) is 0 Å². The van der Waals surface area contributed by atoms with Crippen LogP contribution in [0.25, 0.3) is 0 Å². The van der Waals surface area contributed by atoms with Crippen LogP contribution in [-0.2, 0) is 0 Å². The summed E-state index contributed by atoms with van der Waals surface area (Å²) < 4.78 is 0. The second-order valence-corrected chi connectivity index (χ2v) is 11.4. The first-order valence-electron chi connectivity index (χ1n) is 13.8. The Labute approximate surface area is 178 Å². The van der Waals surface area contributed by atoms with E-state index in [2.05, 4.69) is 13.8 Å². The van der Waals surface area contributed by atoms with Crippen LogP contribution in [0.1, 0.15) is 142 Å². The van der Waals surface area contributed by atoms with E-state index in [0.29, 0.717) is 0 Å². The molecule has 0 unspecified atom stereocenters. The summed E-state index contributed by atoms with van der Waals surface area (Å²) in [5.74, 6) is 6.55. The van der Waals surface area contributed by atoms with Crippen LogP contribution in [0.15, 0.2) is 0 Å². The van der Waals surface area contributed by atoms with Crippen molar-refractivity contribution in [3.63, 3.8) is 0 Å². The fourth-order valence-corrected chi connectivity index (χ4v) is 7.25. The molecule has 0 radical (unpaired) electrons. The van der Waals surface area contributed by atoms with Crippen molar-refractivity contribution in [1.29, 1.82) is 0 Å². The van der Waals surface area contributed by atoms with Crippen molar-refractivity contribution in [3.05, 3.63) is 0 Å². The largest absolute Gasteiger partial charge is 0.0654 e. The average molecular weight is 389 g/mol. The molecular formula is C28H52. The summed E-state index contributed by atoms with van der Waals surface area (Å²) in [5.41, 5.74) is 0. The highest BCUT2D eigenvalue weighted by molar-refractivity contribution is 4.81. The van der Waals surface area contributed by atoms with E-state index in [1.807, 2.05) is 0 Å². The Morgan fingerprint density at radius 3 is 1.11 bits per heavy atom. The van der Waals surface area contributed by atoms with Crippen LogP contribution >= 0.6 is 0 Å². The van der Waals surface area contributed by atoms with Gasteiger partial charge in [0.25, 0.3) is 0 Å². The molecule has 164 valence electrons. The minimum absolute atomic E-state index is 1.08. The van der Waals surface area contributed by atoms with Crippen molar-refractivity contribution >= 4 is 0 Å². The van der Waals surface area contributed by atoms with Crippen molar-refractivity contribution in [2.24, 2.45) is 35.5 Å². The summed E-state index contributed by atoms with van der Waals surface area (Å²) in [6.45, 7) is 4.70. The molecule has 0 nitrogen and oxygen atoms in total. The monoisotopic (exact) mass is 388 g/mol. The molecular weight excluding hydrogens is 336 g/mol. The maximum atomic E-state index is 2.36. The Morgan fingerprint density at radius 2 is 0.750 bits per heavy atom. The van der Waals surface area contributed by atoms with Crippen LogP contribution in [0.3, 0.4) is 0 Å². The lowest BCUT2D eigenvalue weighted by Crippen LogP contribution is -2.23. The third kappa shape index (κ3) is 7.68. The fourth-order valence-electron chi connectivity index (χ4n) is 7.25. The molecule has 0 amide bonds. The molecule has 0 heteroatoms. The Bertz CT molecular complexity index is 375. The first-order valence-corrected chi connectivity index (χ1v) is 13.8. The van der Waals surface area contributed by atoms with Gasteiger partial charge >= 0.3 is 0 Å². The van der Waals surface area contributed by atoms with Gasteiger partial charge < -0.3 is 0 Å². The molecule has 3 aliphatic carbocycles. The van der Waals surface area contributed by atoms with E-state index in [-0.39, 0.29) is 0 Å². The fraction of sp³-hybridized carbons (Fsp3) is 1.00. The highest BCUT2D eigenvalue weighted by Crippen LogP contribution is 2.42. The lowest BCUT2D eigenvalue weighted by Gasteiger charge is -2.36. The average Bonchev–Trinajstić information content (AvgIpc) is 2.73. The molecule has 0 aromatic carbocycles. The lowest BCUT2D eigenvalue weighted by molar-refractivity contribution is 0.161. The molecule has 0 heterocycles. The van der Waals surface area contributed by atoms with Crippen LogP contribution in [0.2, 0.25) is 0 Å². The summed E-state index contributed by atoms with van der Waals surface area (Å²) in [6.07, 6.45) is 30.7. The number of rotatable bonds is 10. The minimum Gasteiger partial charge on any atom is -0.0654 e. The maximum Gasteiger partial charge on any atom is -0.0411 e. The molecule has 0 aliphatic heterocycles. The molecule has 0 spiro atoms. The van der Waals surface area contributed by atoms with Gasteiger partial charge in [-0.3, -0.25) is 0 Å². The zero-order valence-corrected chi connectivity index (χ0v) is 19.6. The molecule has 0 bridgehead atoms. The highest BCUT2D eigenvalue weighted by atomic mass is 14.3. The van der Waals surface area contributed by atoms with Gasteiger partial charge in [0.15, 0.2) is 0 Å². The maximum absolute atomic E-state index is 2.36. The van der Waals surface area contributed by atoms with E-state index < -0.39 is 0 Å². The van der Waals surface area contributed by atoms with Crippen LogP contribution in [-0.4, -0.2) is 0 Å². The Morgan fingerprint density at radius 1 is 0.393 bits per heavy atom. The SMILES string of the molecule is CCCCC[C@H]1CC[C@H](C[C@H]2CC[C@H](C[C@H]3CC[C@H](CCC)CC3)CC2)CC1. The topological polar surface area (TPSA) is 0 Å². The van der Waals surface area contributed by atoms with Crippen LogP contribution in [0, 0.1) is 35.5 Å². The molecule has 0 aromatic rings. The Kier molecular flexibility index (Phi) is 10.2. The normalized spacial score (nSPS) is 37.1. The molecule has 3 aliphatic rings. The van der Waals surface area contributed by atoms with Crippen LogP contribution in [0.5, 0.6) is 0 Å². The van der Waals surface area contributed by atoms with Gasteiger partial charge in [-0.2, -0.15) is 0 Å². The second kappa shape index (κ2) is 12.6. The van der Waals surface area contributed by atoms with Gasteiger partial charge in [-0.25, -0.2) is 0 Å². The van der Waals surface area contributed by atoms with E-state index in [4.69, 9.17) is 0 Å². The zero-order valence-electron chi connectivity index (χ0n) is 19.6. The molecule has 0 aromatic heterocycles. The molecule has 28 heavy (non-hydrogen) atoms. The van der Waals surface area contributed by atoms with E-state index in [1.165, 1.54) is 38.5 Å². The van der Waals surface area contributed by atoms with Crippen molar-refractivity contribution in [1.82, 2.24) is 0 Å². The van der Waals surface area contributed by atoms with Gasteiger partial charge in [0.2, 0.25) is 0 Å². The van der Waals surface area contributed by atoms with Crippen molar-refractivity contribution in [2.45, 2.75) is 142 Å². The third-order valence-electron chi connectivity index (χ3n) is 9.15. The van der Waals surface area contributed by atoms with E-state index in [1.54, 1.807) is 89.9 Å².